The molecule has 0 fully saturated rings. The van der Waals surface area contributed by atoms with E-state index in [1.165, 1.54) is 7.05 Å². The van der Waals surface area contributed by atoms with Crippen molar-refractivity contribution in [3.63, 3.8) is 0 Å². The van der Waals surface area contributed by atoms with E-state index in [4.69, 9.17) is 0 Å². The Hall–Kier alpha value is -0.0131. The van der Waals surface area contributed by atoms with Crippen LogP contribution in [0.5, 0.6) is 0 Å². The second-order valence-corrected chi connectivity index (χ2v) is 25.6. The molecule has 0 atom stereocenters. The van der Waals surface area contributed by atoms with Crippen molar-refractivity contribution in [2.75, 3.05) is 32.4 Å². The van der Waals surface area contributed by atoms with E-state index >= 15 is 0 Å². The molecule has 0 rings (SSSR count). The Bertz CT molecular complexity index is 512. The van der Waals surface area contributed by atoms with Gasteiger partial charge in [0.15, 0.2) is 27.9 Å². The summed E-state index contributed by atoms with van der Waals surface area (Å²) in [7, 11) is -11.4. The summed E-state index contributed by atoms with van der Waals surface area (Å²) in [5.74, 6) is 0. The molecular weight excluding hydrogens is 322 g/mol. The quantitative estimate of drug-likeness (QED) is 0.328. The molecule has 0 heterocycles. The number of hydrogen-bond acceptors (Lipinski definition) is 8. The molecule has 0 spiro atoms. The Morgan fingerprint density at radius 3 is 1.44 bits per heavy atom. The van der Waals surface area contributed by atoms with Crippen LogP contribution in [0.3, 0.4) is 0 Å². The van der Waals surface area contributed by atoms with Gasteiger partial charge in [0, 0.05) is 31.9 Å². The van der Waals surface area contributed by atoms with Gasteiger partial charge in [-0.25, -0.2) is 30.7 Å². The normalized spacial score (nSPS) is 14.7. The van der Waals surface area contributed by atoms with E-state index < -0.39 is 39.4 Å². The van der Waals surface area contributed by atoms with Crippen LogP contribution in [0, 0.1) is 0 Å². The molecule has 0 aliphatic rings. The van der Waals surface area contributed by atoms with Crippen LogP contribution >= 0.6 is 0 Å². The summed E-state index contributed by atoms with van der Waals surface area (Å²) in [5, 5.41) is 0. The number of hydrogen-bond donors (Lipinski definition) is 1. The maximum absolute atomic E-state index is 11.8. The summed E-state index contributed by atoms with van der Waals surface area (Å²) in [6.45, 7) is -0.323. The molecule has 0 radical (unpaired) electrons. The Labute approximate surface area is 107 Å². The van der Waals surface area contributed by atoms with Gasteiger partial charge in [-0.15, -0.1) is 0 Å². The summed E-state index contributed by atoms with van der Waals surface area (Å²) < 4.78 is 70.6. The van der Waals surface area contributed by atoms with Crippen LogP contribution in [0.4, 0.5) is 0 Å². The fraction of sp³-hybridized carbons (Fsp3) is 1.00. The van der Waals surface area contributed by atoms with Crippen molar-refractivity contribution in [2.45, 2.75) is 6.04 Å². The van der Waals surface area contributed by atoms with E-state index in [2.05, 4.69) is 10.3 Å². The van der Waals surface area contributed by atoms with Gasteiger partial charge in [-0.05, 0) is 0 Å². The summed E-state index contributed by atoms with van der Waals surface area (Å²) in [5.41, 5.74) is -2.45. The zero-order valence-electron chi connectivity index (χ0n) is 10.5. The van der Waals surface area contributed by atoms with Gasteiger partial charge in [0.2, 0.25) is 0 Å². The molecule has 1 N–H and O–H groups in total. The molecule has 18 heavy (non-hydrogen) atoms. The van der Waals surface area contributed by atoms with E-state index in [-0.39, 0.29) is 6.61 Å². The highest BCUT2D eigenvalue weighted by Crippen LogP contribution is 2.28. The molecule has 0 aromatic rings. The fourth-order valence-corrected chi connectivity index (χ4v) is 28.7. The minimum absolute atomic E-state index is 0.323. The van der Waals surface area contributed by atoms with Gasteiger partial charge in [-0.2, -0.15) is 0 Å². The summed E-state index contributed by atoms with van der Waals surface area (Å²) in [4.78, 5) is 4.67. The standard InChI is InChI=1S/C6H17NO7S3Si/c1-7-14-5-6-18(15(2,8)9,16(3,10)11)17(4,12)13/h7H,5-6H2,1-4H3. The summed E-state index contributed by atoms with van der Waals surface area (Å²) in [6.07, 6.45) is 1.92. The molecule has 0 saturated heterocycles. The zero-order chi connectivity index (χ0) is 14.8. The topological polar surface area (TPSA) is 124 Å². The van der Waals surface area contributed by atoms with Crippen LogP contribution in [0.1, 0.15) is 0 Å². The molecule has 0 aromatic carbocycles. The molecule has 110 valence electrons. The minimum Gasteiger partial charge on any atom is -0.302 e. The first-order valence-electron chi connectivity index (χ1n) is 4.68. The average Bonchev–Trinajstić information content (AvgIpc) is 2.05. The number of hydroxylamine groups is 1. The molecule has 0 amide bonds. The van der Waals surface area contributed by atoms with E-state index in [1.54, 1.807) is 0 Å². The monoisotopic (exact) mass is 339 g/mol. The zero-order valence-corrected chi connectivity index (χ0v) is 13.9. The second-order valence-electron chi connectivity index (χ2n) is 3.80. The van der Waals surface area contributed by atoms with Crippen molar-refractivity contribution in [3.8, 4) is 0 Å². The highest BCUT2D eigenvalue weighted by molar-refractivity contribution is 8.73. The maximum Gasteiger partial charge on any atom is 0.454 e. The highest BCUT2D eigenvalue weighted by atomic mass is 32.8. The van der Waals surface area contributed by atoms with Crippen molar-refractivity contribution in [3.05, 3.63) is 0 Å². The summed E-state index contributed by atoms with van der Waals surface area (Å²) >= 11 is 0. The largest absolute Gasteiger partial charge is 0.454 e. The number of nitrogens with one attached hydrogen (secondary N) is 1. The second kappa shape index (κ2) is 5.54. The van der Waals surface area contributed by atoms with Crippen LogP contribution in [0.15, 0.2) is 0 Å². The van der Waals surface area contributed by atoms with Crippen LogP contribution in [0.2, 0.25) is 6.04 Å². The van der Waals surface area contributed by atoms with Crippen molar-refractivity contribution >= 4 is 33.4 Å². The van der Waals surface area contributed by atoms with E-state index in [0.717, 1.165) is 0 Å². The Kier molecular flexibility index (Phi) is 5.54. The van der Waals surface area contributed by atoms with Crippen molar-refractivity contribution in [2.24, 2.45) is 0 Å². The third-order valence-electron chi connectivity index (χ3n) is 2.35. The highest BCUT2D eigenvalue weighted by Gasteiger charge is 2.64. The molecular formula is C6H17NO7S3Si. The van der Waals surface area contributed by atoms with Gasteiger partial charge in [0.05, 0.1) is 6.61 Å². The van der Waals surface area contributed by atoms with Crippen LogP contribution in [0.25, 0.3) is 0 Å². The van der Waals surface area contributed by atoms with Crippen LogP contribution in [-0.2, 0) is 32.7 Å². The first-order chi connectivity index (χ1) is 7.81. The minimum atomic E-state index is -4.69. The van der Waals surface area contributed by atoms with Gasteiger partial charge >= 0.3 is 5.52 Å². The average molecular weight is 339 g/mol. The van der Waals surface area contributed by atoms with E-state index in [0.29, 0.717) is 18.8 Å². The first kappa shape index (κ1) is 18.0. The molecule has 0 saturated carbocycles. The predicted molar refractivity (Wildman–Crippen MR) is 70.1 cm³/mol. The van der Waals surface area contributed by atoms with Gasteiger partial charge in [-0.1, -0.05) is 0 Å². The Morgan fingerprint density at radius 1 is 0.889 bits per heavy atom. The van der Waals surface area contributed by atoms with E-state index in [1.807, 2.05) is 0 Å². The van der Waals surface area contributed by atoms with Crippen molar-refractivity contribution in [1.82, 2.24) is 5.48 Å². The maximum atomic E-state index is 11.8. The van der Waals surface area contributed by atoms with Crippen LogP contribution < -0.4 is 5.48 Å². The third kappa shape index (κ3) is 3.30. The predicted octanol–water partition coefficient (Wildman–Crippen LogP) is -1.79. The first-order valence-corrected chi connectivity index (χ1v) is 14.7. The third-order valence-corrected chi connectivity index (χ3v) is 34.9. The summed E-state index contributed by atoms with van der Waals surface area (Å²) in [6, 6.07) is -0.565. The molecule has 0 aliphatic carbocycles. The van der Waals surface area contributed by atoms with Gasteiger partial charge in [-0.3, -0.25) is 0 Å². The van der Waals surface area contributed by atoms with Gasteiger partial charge in [0.1, 0.15) is 0 Å². The van der Waals surface area contributed by atoms with E-state index in [9.17, 15) is 25.3 Å². The van der Waals surface area contributed by atoms with Crippen molar-refractivity contribution in [1.29, 1.82) is 0 Å². The Balaban J connectivity index is 6.12. The molecule has 0 bridgehead atoms. The van der Waals surface area contributed by atoms with Crippen molar-refractivity contribution < 1.29 is 30.1 Å². The lowest BCUT2D eigenvalue weighted by Crippen LogP contribution is -2.58. The molecule has 0 aliphatic heterocycles. The van der Waals surface area contributed by atoms with Crippen LogP contribution in [-0.4, -0.2) is 63.2 Å². The lowest BCUT2D eigenvalue weighted by Gasteiger charge is -2.24. The molecule has 0 aromatic heterocycles. The molecule has 0 unspecified atom stereocenters. The van der Waals surface area contributed by atoms with Gasteiger partial charge in [0.25, 0.3) is 0 Å². The Morgan fingerprint density at radius 2 is 1.22 bits per heavy atom. The SMILES string of the molecule is CNOCC[Si](S(C)(=O)=O)(S(C)(=O)=O)S(C)(=O)=O. The lowest BCUT2D eigenvalue weighted by molar-refractivity contribution is 0.0686. The molecule has 12 heteroatoms. The lowest BCUT2D eigenvalue weighted by atomic mass is 10.9. The fourth-order valence-electron chi connectivity index (χ4n) is 1.66. The van der Waals surface area contributed by atoms with Gasteiger partial charge < -0.3 is 4.84 Å². The molecule has 8 nitrogen and oxygen atoms in total. The smallest absolute Gasteiger partial charge is 0.302 e. The number of rotatable bonds is 7.